The Morgan fingerprint density at radius 3 is 2.06 bits per heavy atom. The zero-order chi connectivity index (χ0) is 13.1. The smallest absolute Gasteiger partial charge is 0.0772 e. The van der Waals surface area contributed by atoms with E-state index in [1.165, 1.54) is 0 Å². The minimum atomic E-state index is -0.460. The third-order valence-corrected chi connectivity index (χ3v) is 4.47. The highest BCUT2D eigenvalue weighted by molar-refractivity contribution is 4.91. The molecule has 17 heavy (non-hydrogen) atoms. The average molecular weight is 241 g/mol. The highest BCUT2D eigenvalue weighted by Gasteiger charge is 2.36. The van der Waals surface area contributed by atoms with Crippen molar-refractivity contribution in [1.29, 1.82) is 0 Å². The summed E-state index contributed by atoms with van der Waals surface area (Å²) in [5.74, 6) is 0.642. The summed E-state index contributed by atoms with van der Waals surface area (Å²) < 4.78 is 0. The SMILES string of the molecule is CCC(NCC1(O)CCC(C)(C)CC1)C(C)C. The van der Waals surface area contributed by atoms with Gasteiger partial charge in [0.25, 0.3) is 0 Å². The van der Waals surface area contributed by atoms with E-state index in [0.29, 0.717) is 17.4 Å². The number of hydrogen-bond acceptors (Lipinski definition) is 2. The van der Waals surface area contributed by atoms with Crippen LogP contribution in [0.1, 0.15) is 66.7 Å². The van der Waals surface area contributed by atoms with Crippen LogP contribution in [0.3, 0.4) is 0 Å². The number of aliphatic hydroxyl groups is 1. The van der Waals surface area contributed by atoms with Gasteiger partial charge in [-0.2, -0.15) is 0 Å². The molecule has 0 aromatic carbocycles. The molecule has 1 fully saturated rings. The third kappa shape index (κ3) is 4.59. The maximum Gasteiger partial charge on any atom is 0.0772 e. The van der Waals surface area contributed by atoms with Crippen LogP contribution in [0.2, 0.25) is 0 Å². The Morgan fingerprint density at radius 2 is 1.65 bits per heavy atom. The van der Waals surface area contributed by atoms with E-state index in [4.69, 9.17) is 0 Å². The summed E-state index contributed by atoms with van der Waals surface area (Å²) in [7, 11) is 0. The van der Waals surface area contributed by atoms with Gasteiger partial charge in [-0.3, -0.25) is 0 Å². The van der Waals surface area contributed by atoms with E-state index < -0.39 is 5.60 Å². The second kappa shape index (κ2) is 5.71. The van der Waals surface area contributed by atoms with Crippen molar-refractivity contribution >= 4 is 0 Å². The summed E-state index contributed by atoms with van der Waals surface area (Å²) >= 11 is 0. The molecule has 0 aromatic heterocycles. The van der Waals surface area contributed by atoms with E-state index in [2.05, 4.69) is 39.9 Å². The fourth-order valence-electron chi connectivity index (χ4n) is 2.74. The zero-order valence-electron chi connectivity index (χ0n) is 12.3. The van der Waals surface area contributed by atoms with Gasteiger partial charge >= 0.3 is 0 Å². The molecule has 1 atom stereocenters. The second-order valence-corrected chi connectivity index (χ2v) is 7.03. The summed E-state index contributed by atoms with van der Waals surface area (Å²) in [6.07, 6.45) is 5.32. The van der Waals surface area contributed by atoms with E-state index in [0.717, 1.165) is 38.6 Å². The van der Waals surface area contributed by atoms with Crippen LogP contribution < -0.4 is 5.32 Å². The summed E-state index contributed by atoms with van der Waals surface area (Å²) in [6, 6.07) is 0.536. The number of hydrogen-bond donors (Lipinski definition) is 2. The first-order valence-corrected chi connectivity index (χ1v) is 7.24. The van der Waals surface area contributed by atoms with Crippen molar-refractivity contribution in [2.45, 2.75) is 78.4 Å². The molecular weight excluding hydrogens is 210 g/mol. The highest BCUT2D eigenvalue weighted by Crippen LogP contribution is 2.39. The third-order valence-electron chi connectivity index (χ3n) is 4.47. The Bertz CT molecular complexity index is 225. The highest BCUT2D eigenvalue weighted by atomic mass is 16.3. The molecule has 2 heteroatoms. The lowest BCUT2D eigenvalue weighted by Gasteiger charge is -2.41. The minimum absolute atomic E-state index is 0.425. The first kappa shape index (κ1) is 15.0. The van der Waals surface area contributed by atoms with Crippen molar-refractivity contribution in [2.75, 3.05) is 6.54 Å². The molecule has 0 radical (unpaired) electrons. The van der Waals surface area contributed by atoms with Gasteiger partial charge < -0.3 is 10.4 Å². The Kier molecular flexibility index (Phi) is 5.03. The van der Waals surface area contributed by atoms with Crippen molar-refractivity contribution < 1.29 is 5.11 Å². The lowest BCUT2D eigenvalue weighted by atomic mass is 9.71. The first-order chi connectivity index (χ1) is 7.78. The van der Waals surface area contributed by atoms with Crippen LogP contribution in [0, 0.1) is 11.3 Å². The molecule has 0 spiro atoms. The lowest BCUT2D eigenvalue weighted by Crippen LogP contribution is -2.48. The lowest BCUT2D eigenvalue weighted by molar-refractivity contribution is -0.0270. The van der Waals surface area contributed by atoms with Crippen LogP contribution in [-0.4, -0.2) is 23.3 Å². The molecule has 2 N–H and O–H groups in total. The monoisotopic (exact) mass is 241 g/mol. The molecule has 0 aliphatic heterocycles. The largest absolute Gasteiger partial charge is 0.389 e. The predicted molar refractivity (Wildman–Crippen MR) is 74.1 cm³/mol. The van der Waals surface area contributed by atoms with Crippen LogP contribution in [0.4, 0.5) is 0 Å². The van der Waals surface area contributed by atoms with E-state index in [9.17, 15) is 5.11 Å². The molecule has 0 amide bonds. The van der Waals surface area contributed by atoms with Crippen LogP contribution in [0.5, 0.6) is 0 Å². The standard InChI is InChI=1S/C15H31NO/c1-6-13(12(2)3)16-11-15(17)9-7-14(4,5)8-10-15/h12-13,16-17H,6-11H2,1-5H3. The molecule has 1 saturated carbocycles. The molecule has 1 aliphatic carbocycles. The van der Waals surface area contributed by atoms with Crippen LogP contribution in [0.15, 0.2) is 0 Å². The number of rotatable bonds is 5. The minimum Gasteiger partial charge on any atom is -0.389 e. The maximum absolute atomic E-state index is 10.6. The Morgan fingerprint density at radius 1 is 1.12 bits per heavy atom. The van der Waals surface area contributed by atoms with Crippen LogP contribution >= 0.6 is 0 Å². The Balaban J connectivity index is 2.41. The number of nitrogens with one attached hydrogen (secondary N) is 1. The topological polar surface area (TPSA) is 32.3 Å². The second-order valence-electron chi connectivity index (χ2n) is 7.03. The maximum atomic E-state index is 10.6. The van der Waals surface area contributed by atoms with Gasteiger partial charge in [-0.15, -0.1) is 0 Å². The molecule has 0 bridgehead atoms. The molecule has 0 aromatic rings. The quantitative estimate of drug-likeness (QED) is 0.773. The van der Waals surface area contributed by atoms with Gasteiger partial charge in [0.15, 0.2) is 0 Å². The molecular formula is C15H31NO. The van der Waals surface area contributed by atoms with Crippen LogP contribution in [-0.2, 0) is 0 Å². The Labute approximate surface area is 107 Å². The van der Waals surface area contributed by atoms with Crippen molar-refractivity contribution in [3.63, 3.8) is 0 Å². The van der Waals surface area contributed by atoms with Crippen molar-refractivity contribution in [1.82, 2.24) is 5.32 Å². The van der Waals surface area contributed by atoms with Gasteiger partial charge in [0.2, 0.25) is 0 Å². The summed E-state index contributed by atoms with van der Waals surface area (Å²) in [5, 5.41) is 14.1. The van der Waals surface area contributed by atoms with Crippen molar-refractivity contribution in [3.8, 4) is 0 Å². The average Bonchev–Trinajstić information content (AvgIpc) is 2.24. The summed E-state index contributed by atoms with van der Waals surface area (Å²) in [5.41, 5.74) is -0.0355. The van der Waals surface area contributed by atoms with Gasteiger partial charge in [0, 0.05) is 12.6 Å². The van der Waals surface area contributed by atoms with Gasteiger partial charge in [-0.1, -0.05) is 34.6 Å². The molecule has 1 aliphatic rings. The molecule has 0 heterocycles. The molecule has 102 valence electrons. The van der Waals surface area contributed by atoms with Gasteiger partial charge in [-0.25, -0.2) is 0 Å². The zero-order valence-corrected chi connectivity index (χ0v) is 12.3. The Hall–Kier alpha value is -0.0800. The van der Waals surface area contributed by atoms with Crippen molar-refractivity contribution in [2.24, 2.45) is 11.3 Å². The summed E-state index contributed by atoms with van der Waals surface area (Å²) in [6.45, 7) is 12.1. The van der Waals surface area contributed by atoms with E-state index >= 15 is 0 Å². The fraction of sp³-hybridized carbons (Fsp3) is 1.00. The van der Waals surface area contributed by atoms with Crippen molar-refractivity contribution in [3.05, 3.63) is 0 Å². The van der Waals surface area contributed by atoms with Gasteiger partial charge in [0.1, 0.15) is 0 Å². The van der Waals surface area contributed by atoms with E-state index in [1.54, 1.807) is 0 Å². The van der Waals surface area contributed by atoms with E-state index in [1.807, 2.05) is 0 Å². The summed E-state index contributed by atoms with van der Waals surface area (Å²) in [4.78, 5) is 0. The fourth-order valence-corrected chi connectivity index (χ4v) is 2.74. The van der Waals surface area contributed by atoms with Gasteiger partial charge in [-0.05, 0) is 43.4 Å². The predicted octanol–water partition coefficient (Wildman–Crippen LogP) is 3.34. The van der Waals surface area contributed by atoms with Crippen LogP contribution in [0.25, 0.3) is 0 Å². The molecule has 2 nitrogen and oxygen atoms in total. The molecule has 1 unspecified atom stereocenters. The van der Waals surface area contributed by atoms with E-state index in [-0.39, 0.29) is 0 Å². The van der Waals surface area contributed by atoms with Gasteiger partial charge in [0.05, 0.1) is 5.60 Å². The molecule has 0 saturated heterocycles. The normalized spacial score (nSPS) is 24.9. The first-order valence-electron chi connectivity index (χ1n) is 7.24. The molecule has 1 rings (SSSR count).